The van der Waals surface area contributed by atoms with Gasteiger partial charge >= 0.3 is 0 Å². The smallest absolute Gasteiger partial charge is 0.243 e. The minimum absolute atomic E-state index is 0.277. The van der Waals surface area contributed by atoms with Crippen LogP contribution in [0.1, 0.15) is 84.0 Å². The van der Waals surface area contributed by atoms with Crippen molar-refractivity contribution in [1.82, 2.24) is 5.48 Å². The molecule has 0 aliphatic carbocycles. The number of hydroxylamine groups is 1. The third-order valence-corrected chi connectivity index (χ3v) is 3.48. The van der Waals surface area contributed by atoms with E-state index in [9.17, 15) is 4.79 Å². The van der Waals surface area contributed by atoms with Gasteiger partial charge in [-0.25, -0.2) is 5.48 Å². The second kappa shape index (κ2) is 17.0. The molecule has 122 valence electrons. The van der Waals surface area contributed by atoms with Gasteiger partial charge in [0.15, 0.2) is 0 Å². The second-order valence-electron chi connectivity index (χ2n) is 5.52. The topological polar surface area (TPSA) is 49.3 Å². The van der Waals surface area contributed by atoms with Crippen molar-refractivity contribution in [3.63, 3.8) is 0 Å². The number of hydrogen-bond acceptors (Lipinski definition) is 2. The molecule has 0 rings (SSSR count). The lowest BCUT2D eigenvalue weighted by molar-refractivity contribution is -0.129. The van der Waals surface area contributed by atoms with Crippen molar-refractivity contribution in [2.75, 3.05) is 0 Å². The van der Waals surface area contributed by atoms with E-state index in [-0.39, 0.29) is 5.91 Å². The van der Waals surface area contributed by atoms with Gasteiger partial charge < -0.3 is 0 Å². The summed E-state index contributed by atoms with van der Waals surface area (Å²) in [6.45, 7) is 2.23. The molecular weight excluding hydrogens is 262 g/mol. The molecule has 0 bridgehead atoms. The predicted molar refractivity (Wildman–Crippen MR) is 89.3 cm³/mol. The van der Waals surface area contributed by atoms with Gasteiger partial charge in [0.05, 0.1) is 0 Å². The Morgan fingerprint density at radius 3 is 2.05 bits per heavy atom. The summed E-state index contributed by atoms with van der Waals surface area (Å²) in [4.78, 5) is 10.8. The molecule has 0 heterocycles. The van der Waals surface area contributed by atoms with E-state index < -0.39 is 0 Å². The molecule has 0 unspecified atom stereocenters. The number of amides is 1. The molecular formula is C18H33NO2. The van der Waals surface area contributed by atoms with E-state index in [1.807, 2.05) is 0 Å². The molecule has 0 aliphatic heterocycles. The molecule has 0 fully saturated rings. The predicted octanol–water partition coefficient (Wildman–Crippen LogP) is 5.31. The summed E-state index contributed by atoms with van der Waals surface area (Å²) < 4.78 is 0. The van der Waals surface area contributed by atoms with Crippen LogP contribution in [0.5, 0.6) is 0 Å². The lowest BCUT2D eigenvalue weighted by atomic mass is 10.1. The average molecular weight is 295 g/mol. The number of allylic oxidation sites excluding steroid dienone is 4. The van der Waals surface area contributed by atoms with E-state index in [1.54, 1.807) is 5.48 Å². The number of rotatable bonds is 14. The van der Waals surface area contributed by atoms with Crippen LogP contribution >= 0.6 is 0 Å². The summed E-state index contributed by atoms with van der Waals surface area (Å²) in [5, 5.41) is 8.34. The Bertz CT molecular complexity index is 285. The fraction of sp³-hybridized carbons (Fsp3) is 0.722. The van der Waals surface area contributed by atoms with Crippen LogP contribution < -0.4 is 5.48 Å². The van der Waals surface area contributed by atoms with Gasteiger partial charge in [0.1, 0.15) is 0 Å². The molecule has 1 amide bonds. The van der Waals surface area contributed by atoms with Gasteiger partial charge in [-0.05, 0) is 38.5 Å². The van der Waals surface area contributed by atoms with Crippen LogP contribution in [0.2, 0.25) is 0 Å². The van der Waals surface area contributed by atoms with Crippen molar-refractivity contribution < 1.29 is 10.0 Å². The van der Waals surface area contributed by atoms with Gasteiger partial charge in [-0.3, -0.25) is 10.0 Å². The maximum absolute atomic E-state index is 10.8. The first-order valence-corrected chi connectivity index (χ1v) is 8.54. The molecule has 0 aromatic rings. The highest BCUT2D eigenvalue weighted by atomic mass is 16.5. The standard InChI is InChI=1S/C18H33NO2/c1-2-3-4-5-6-7-8-9-10-11-12-13-14-15-16-17-18(20)19-21/h6-7,9-10,21H,2-5,8,11-17H2,1H3,(H,19,20)/b7-6-,10-9-. The van der Waals surface area contributed by atoms with Gasteiger partial charge in [0.25, 0.3) is 0 Å². The third-order valence-electron chi connectivity index (χ3n) is 3.48. The molecule has 3 heteroatoms. The van der Waals surface area contributed by atoms with Crippen LogP contribution in [0.3, 0.4) is 0 Å². The van der Waals surface area contributed by atoms with Crippen LogP contribution in [0.4, 0.5) is 0 Å². The van der Waals surface area contributed by atoms with Crippen LogP contribution in [0.15, 0.2) is 24.3 Å². The number of unbranched alkanes of at least 4 members (excludes halogenated alkanes) is 8. The summed E-state index contributed by atoms with van der Waals surface area (Å²) >= 11 is 0. The van der Waals surface area contributed by atoms with E-state index in [0.29, 0.717) is 6.42 Å². The second-order valence-corrected chi connectivity index (χ2v) is 5.52. The first-order valence-electron chi connectivity index (χ1n) is 8.54. The van der Waals surface area contributed by atoms with E-state index in [1.165, 1.54) is 44.9 Å². The van der Waals surface area contributed by atoms with E-state index in [0.717, 1.165) is 25.7 Å². The van der Waals surface area contributed by atoms with E-state index in [2.05, 4.69) is 31.2 Å². The lowest BCUT2D eigenvalue weighted by Gasteiger charge is -1.99. The van der Waals surface area contributed by atoms with Crippen molar-refractivity contribution in [1.29, 1.82) is 0 Å². The Balaban J connectivity index is 3.20. The SMILES string of the molecule is CCCCC/C=C\C/C=C\CCCCCCCC(=O)NO. The van der Waals surface area contributed by atoms with Gasteiger partial charge in [-0.15, -0.1) is 0 Å². The van der Waals surface area contributed by atoms with Crippen LogP contribution in [0, 0.1) is 0 Å². The molecule has 21 heavy (non-hydrogen) atoms. The largest absolute Gasteiger partial charge is 0.289 e. The van der Waals surface area contributed by atoms with Crippen molar-refractivity contribution >= 4 is 5.91 Å². The Hall–Kier alpha value is -1.09. The highest BCUT2D eigenvalue weighted by molar-refractivity contribution is 5.74. The molecule has 0 aromatic heterocycles. The fourth-order valence-corrected chi connectivity index (χ4v) is 2.15. The molecule has 3 nitrogen and oxygen atoms in total. The molecule has 0 spiro atoms. The molecule has 2 N–H and O–H groups in total. The summed E-state index contributed by atoms with van der Waals surface area (Å²) in [6, 6.07) is 0. The van der Waals surface area contributed by atoms with E-state index >= 15 is 0 Å². The molecule has 0 aliphatic rings. The van der Waals surface area contributed by atoms with Crippen molar-refractivity contribution in [2.45, 2.75) is 84.0 Å². The highest BCUT2D eigenvalue weighted by Gasteiger charge is 1.97. The minimum atomic E-state index is -0.277. The Kier molecular flexibility index (Phi) is 16.1. The molecule has 0 saturated heterocycles. The minimum Gasteiger partial charge on any atom is -0.289 e. The fourth-order valence-electron chi connectivity index (χ4n) is 2.15. The Morgan fingerprint density at radius 2 is 1.43 bits per heavy atom. The van der Waals surface area contributed by atoms with Gasteiger partial charge in [-0.2, -0.15) is 0 Å². The quantitative estimate of drug-likeness (QED) is 0.197. The Morgan fingerprint density at radius 1 is 0.857 bits per heavy atom. The van der Waals surface area contributed by atoms with Crippen molar-refractivity contribution in [3.8, 4) is 0 Å². The van der Waals surface area contributed by atoms with Gasteiger partial charge in [-0.1, -0.05) is 63.3 Å². The highest BCUT2D eigenvalue weighted by Crippen LogP contribution is 2.08. The zero-order valence-electron chi connectivity index (χ0n) is 13.7. The average Bonchev–Trinajstić information content (AvgIpc) is 2.50. The molecule has 0 atom stereocenters. The van der Waals surface area contributed by atoms with Gasteiger partial charge in [0.2, 0.25) is 5.91 Å². The van der Waals surface area contributed by atoms with Crippen LogP contribution in [0.25, 0.3) is 0 Å². The zero-order chi connectivity index (χ0) is 15.6. The van der Waals surface area contributed by atoms with Gasteiger partial charge in [0, 0.05) is 6.42 Å². The molecule has 0 aromatic carbocycles. The summed E-state index contributed by atoms with van der Waals surface area (Å²) in [5.41, 5.74) is 1.66. The first-order chi connectivity index (χ1) is 10.3. The third kappa shape index (κ3) is 16.9. The number of nitrogens with one attached hydrogen (secondary N) is 1. The molecule has 0 saturated carbocycles. The zero-order valence-corrected chi connectivity index (χ0v) is 13.7. The maximum atomic E-state index is 10.8. The number of carbonyl (C=O) groups excluding carboxylic acids is 1. The monoisotopic (exact) mass is 295 g/mol. The summed E-state index contributed by atoms with van der Waals surface area (Å²) in [6.07, 6.45) is 22.4. The number of hydrogen-bond donors (Lipinski definition) is 2. The van der Waals surface area contributed by atoms with E-state index in [4.69, 9.17) is 5.21 Å². The van der Waals surface area contributed by atoms with Crippen molar-refractivity contribution in [3.05, 3.63) is 24.3 Å². The normalized spacial score (nSPS) is 11.5. The first kappa shape index (κ1) is 19.9. The lowest BCUT2D eigenvalue weighted by Crippen LogP contribution is -2.17. The summed E-state index contributed by atoms with van der Waals surface area (Å²) in [5.74, 6) is -0.277. The van der Waals surface area contributed by atoms with Crippen LogP contribution in [-0.2, 0) is 4.79 Å². The van der Waals surface area contributed by atoms with Crippen molar-refractivity contribution in [2.24, 2.45) is 0 Å². The summed E-state index contributed by atoms with van der Waals surface area (Å²) in [7, 11) is 0. The maximum Gasteiger partial charge on any atom is 0.243 e. The Labute approximate surface area is 130 Å². The number of carbonyl (C=O) groups is 1. The van der Waals surface area contributed by atoms with Crippen LogP contribution in [-0.4, -0.2) is 11.1 Å². The molecule has 0 radical (unpaired) electrons.